The SMILES string of the molecule is C=CCOC(=O)NC(C)(CC)CCC(=O)O. The van der Waals surface area contributed by atoms with Gasteiger partial charge in [-0.1, -0.05) is 19.6 Å². The van der Waals surface area contributed by atoms with Crippen molar-refractivity contribution in [3.05, 3.63) is 12.7 Å². The van der Waals surface area contributed by atoms with E-state index in [1.165, 1.54) is 6.08 Å². The first-order chi connectivity index (χ1) is 7.43. The number of carboxylic acid groups (broad SMARTS) is 1. The van der Waals surface area contributed by atoms with E-state index >= 15 is 0 Å². The lowest BCUT2D eigenvalue weighted by molar-refractivity contribution is -0.137. The van der Waals surface area contributed by atoms with Crippen molar-refractivity contribution in [3.63, 3.8) is 0 Å². The van der Waals surface area contributed by atoms with E-state index in [-0.39, 0.29) is 13.0 Å². The van der Waals surface area contributed by atoms with Crippen LogP contribution in [0.4, 0.5) is 4.79 Å². The van der Waals surface area contributed by atoms with Gasteiger partial charge in [-0.25, -0.2) is 4.79 Å². The monoisotopic (exact) mass is 229 g/mol. The Labute approximate surface area is 95.5 Å². The second-order valence-corrected chi connectivity index (χ2v) is 3.82. The molecule has 1 atom stereocenters. The van der Waals surface area contributed by atoms with E-state index in [9.17, 15) is 9.59 Å². The molecule has 0 saturated heterocycles. The van der Waals surface area contributed by atoms with Crippen molar-refractivity contribution >= 4 is 12.1 Å². The van der Waals surface area contributed by atoms with Crippen molar-refractivity contribution in [1.82, 2.24) is 5.32 Å². The molecular weight excluding hydrogens is 210 g/mol. The van der Waals surface area contributed by atoms with Crippen LogP contribution in [0.2, 0.25) is 0 Å². The molecule has 0 aromatic heterocycles. The van der Waals surface area contributed by atoms with Crippen LogP contribution in [0.25, 0.3) is 0 Å². The van der Waals surface area contributed by atoms with Gasteiger partial charge in [-0.05, 0) is 19.8 Å². The van der Waals surface area contributed by atoms with Crippen LogP contribution in [0.5, 0.6) is 0 Å². The molecule has 0 rings (SSSR count). The summed E-state index contributed by atoms with van der Waals surface area (Å²) < 4.78 is 4.78. The van der Waals surface area contributed by atoms with Crippen LogP contribution in [-0.4, -0.2) is 29.3 Å². The van der Waals surface area contributed by atoms with E-state index in [2.05, 4.69) is 11.9 Å². The third kappa shape index (κ3) is 6.06. The maximum atomic E-state index is 11.3. The maximum absolute atomic E-state index is 11.3. The van der Waals surface area contributed by atoms with Gasteiger partial charge < -0.3 is 15.2 Å². The Hall–Kier alpha value is -1.52. The summed E-state index contributed by atoms with van der Waals surface area (Å²) in [5.41, 5.74) is -0.545. The highest BCUT2D eigenvalue weighted by molar-refractivity contribution is 5.69. The highest BCUT2D eigenvalue weighted by Crippen LogP contribution is 2.16. The van der Waals surface area contributed by atoms with Crippen molar-refractivity contribution in [2.24, 2.45) is 0 Å². The average Bonchev–Trinajstić information content (AvgIpc) is 2.23. The molecule has 0 spiro atoms. The summed E-state index contributed by atoms with van der Waals surface area (Å²) in [6, 6.07) is 0. The minimum Gasteiger partial charge on any atom is -0.481 e. The van der Waals surface area contributed by atoms with Crippen molar-refractivity contribution < 1.29 is 19.4 Å². The zero-order valence-corrected chi connectivity index (χ0v) is 9.78. The highest BCUT2D eigenvalue weighted by Gasteiger charge is 2.25. The van der Waals surface area contributed by atoms with Crippen molar-refractivity contribution in [2.45, 2.75) is 38.6 Å². The summed E-state index contributed by atoms with van der Waals surface area (Å²) in [5, 5.41) is 11.3. The first-order valence-electron chi connectivity index (χ1n) is 5.21. The Morgan fingerprint density at radius 1 is 1.56 bits per heavy atom. The average molecular weight is 229 g/mol. The van der Waals surface area contributed by atoms with Gasteiger partial charge in [0.25, 0.3) is 0 Å². The number of rotatable bonds is 7. The van der Waals surface area contributed by atoms with E-state index in [1.54, 1.807) is 6.92 Å². The molecule has 0 radical (unpaired) electrons. The quantitative estimate of drug-likeness (QED) is 0.654. The standard InChI is InChI=1S/C11H19NO4/c1-4-8-16-10(15)12-11(3,5-2)7-6-9(13)14/h4H,1,5-8H2,2-3H3,(H,12,15)(H,13,14). The smallest absolute Gasteiger partial charge is 0.407 e. The predicted molar refractivity (Wildman–Crippen MR) is 60.2 cm³/mol. The van der Waals surface area contributed by atoms with Gasteiger partial charge in [-0.2, -0.15) is 0 Å². The van der Waals surface area contributed by atoms with Crippen LogP contribution in [0.1, 0.15) is 33.1 Å². The molecule has 0 aromatic carbocycles. The molecule has 5 heteroatoms. The second kappa shape index (κ2) is 6.87. The van der Waals surface area contributed by atoms with E-state index in [0.717, 1.165) is 0 Å². The molecule has 92 valence electrons. The zero-order valence-electron chi connectivity index (χ0n) is 9.78. The molecule has 0 saturated carbocycles. The van der Waals surface area contributed by atoms with Gasteiger partial charge in [0.05, 0.1) is 0 Å². The molecule has 0 aromatic rings. The van der Waals surface area contributed by atoms with Crippen LogP contribution < -0.4 is 5.32 Å². The van der Waals surface area contributed by atoms with Gasteiger partial charge in [0.15, 0.2) is 0 Å². The van der Waals surface area contributed by atoms with Crippen LogP contribution in [0, 0.1) is 0 Å². The van der Waals surface area contributed by atoms with Crippen molar-refractivity contribution in [3.8, 4) is 0 Å². The molecule has 1 unspecified atom stereocenters. The molecule has 0 fully saturated rings. The number of ether oxygens (including phenoxy) is 1. The Balaban J connectivity index is 4.18. The molecule has 0 aliphatic rings. The molecule has 0 aliphatic heterocycles. The Kier molecular flexibility index (Phi) is 6.22. The number of alkyl carbamates (subject to hydrolysis) is 1. The fourth-order valence-corrected chi connectivity index (χ4v) is 1.13. The van der Waals surface area contributed by atoms with Gasteiger partial charge in [-0.3, -0.25) is 4.79 Å². The lowest BCUT2D eigenvalue weighted by Gasteiger charge is -2.28. The lowest BCUT2D eigenvalue weighted by atomic mass is 9.93. The number of carbonyl (C=O) groups excluding carboxylic acids is 1. The van der Waals surface area contributed by atoms with Crippen molar-refractivity contribution in [2.75, 3.05) is 6.61 Å². The number of amides is 1. The highest BCUT2D eigenvalue weighted by atomic mass is 16.5. The normalized spacial score (nSPS) is 13.6. The summed E-state index contributed by atoms with van der Waals surface area (Å²) in [4.78, 5) is 21.8. The third-order valence-corrected chi connectivity index (χ3v) is 2.41. The maximum Gasteiger partial charge on any atom is 0.407 e. The Morgan fingerprint density at radius 2 is 2.19 bits per heavy atom. The Bertz CT molecular complexity index is 265. The number of carbonyl (C=O) groups is 2. The first-order valence-corrected chi connectivity index (χ1v) is 5.21. The van der Waals surface area contributed by atoms with Gasteiger partial charge >= 0.3 is 12.1 Å². The molecule has 1 amide bonds. The summed E-state index contributed by atoms with van der Waals surface area (Å²) >= 11 is 0. The number of hydrogen-bond donors (Lipinski definition) is 2. The number of aliphatic carboxylic acids is 1. The van der Waals surface area contributed by atoms with Crippen LogP contribution in [-0.2, 0) is 9.53 Å². The first kappa shape index (κ1) is 14.5. The lowest BCUT2D eigenvalue weighted by Crippen LogP contribution is -2.46. The predicted octanol–water partition coefficient (Wildman–Crippen LogP) is 1.93. The fraction of sp³-hybridized carbons (Fsp3) is 0.636. The molecule has 0 bridgehead atoms. The van der Waals surface area contributed by atoms with Gasteiger partial charge in [0.1, 0.15) is 6.61 Å². The molecule has 0 aliphatic carbocycles. The summed E-state index contributed by atoms with van der Waals surface area (Å²) in [6.07, 6.45) is 1.96. The summed E-state index contributed by atoms with van der Waals surface area (Å²) in [6.45, 7) is 7.25. The molecule has 16 heavy (non-hydrogen) atoms. The fourth-order valence-electron chi connectivity index (χ4n) is 1.13. The molecule has 5 nitrogen and oxygen atoms in total. The summed E-state index contributed by atoms with van der Waals surface area (Å²) in [7, 11) is 0. The van der Waals surface area contributed by atoms with E-state index in [4.69, 9.17) is 9.84 Å². The zero-order chi connectivity index (χ0) is 12.6. The molecule has 0 heterocycles. The van der Waals surface area contributed by atoms with E-state index in [1.807, 2.05) is 6.92 Å². The third-order valence-electron chi connectivity index (χ3n) is 2.41. The van der Waals surface area contributed by atoms with E-state index in [0.29, 0.717) is 12.8 Å². The van der Waals surface area contributed by atoms with Gasteiger partial charge in [0, 0.05) is 12.0 Å². The van der Waals surface area contributed by atoms with Gasteiger partial charge in [-0.15, -0.1) is 0 Å². The number of carboxylic acids is 1. The molecule has 2 N–H and O–H groups in total. The Morgan fingerprint density at radius 3 is 2.62 bits per heavy atom. The minimum absolute atomic E-state index is 0.0199. The number of nitrogens with one attached hydrogen (secondary N) is 1. The minimum atomic E-state index is -0.874. The van der Waals surface area contributed by atoms with E-state index < -0.39 is 17.6 Å². The van der Waals surface area contributed by atoms with Crippen LogP contribution in [0.15, 0.2) is 12.7 Å². The molecular formula is C11H19NO4. The van der Waals surface area contributed by atoms with Gasteiger partial charge in [0.2, 0.25) is 0 Å². The topological polar surface area (TPSA) is 75.6 Å². The van der Waals surface area contributed by atoms with Crippen LogP contribution in [0.3, 0.4) is 0 Å². The van der Waals surface area contributed by atoms with Crippen LogP contribution >= 0.6 is 0 Å². The number of hydrogen-bond acceptors (Lipinski definition) is 3. The second-order valence-electron chi connectivity index (χ2n) is 3.82. The van der Waals surface area contributed by atoms with Crippen molar-refractivity contribution in [1.29, 1.82) is 0 Å². The largest absolute Gasteiger partial charge is 0.481 e. The summed E-state index contributed by atoms with van der Waals surface area (Å²) in [5.74, 6) is -0.874.